The Labute approximate surface area is 80.8 Å². The van der Waals surface area contributed by atoms with E-state index in [-0.39, 0.29) is 0 Å². The zero-order chi connectivity index (χ0) is 10.2. The van der Waals surface area contributed by atoms with Gasteiger partial charge >= 0.3 is 6.18 Å². The highest BCUT2D eigenvalue weighted by molar-refractivity contribution is 5.35. The van der Waals surface area contributed by atoms with Gasteiger partial charge in [-0.2, -0.15) is 13.2 Å². The SMILES string of the molecule is FC(F)(F)C1C=CC=CC1=CC1CC1. The molecule has 0 aromatic rings. The lowest BCUT2D eigenvalue weighted by atomic mass is 9.93. The van der Waals surface area contributed by atoms with Gasteiger partial charge in [0.05, 0.1) is 5.92 Å². The lowest BCUT2D eigenvalue weighted by Gasteiger charge is -2.20. The predicted octanol–water partition coefficient (Wildman–Crippen LogP) is 3.63. The molecule has 0 aliphatic heterocycles. The number of halogens is 3. The highest BCUT2D eigenvalue weighted by atomic mass is 19.4. The third-order valence-corrected chi connectivity index (χ3v) is 2.47. The topological polar surface area (TPSA) is 0 Å². The molecule has 3 heteroatoms. The van der Waals surface area contributed by atoms with Crippen molar-refractivity contribution < 1.29 is 13.2 Å². The summed E-state index contributed by atoms with van der Waals surface area (Å²) >= 11 is 0. The standard InChI is InChI=1S/C11H11F3/c12-11(13,14)10-4-2-1-3-9(10)7-8-5-6-8/h1-4,7-8,10H,5-6H2. The van der Waals surface area contributed by atoms with E-state index in [1.165, 1.54) is 12.2 Å². The average Bonchev–Trinajstić information content (AvgIpc) is 2.87. The van der Waals surface area contributed by atoms with E-state index in [9.17, 15) is 13.2 Å². The van der Waals surface area contributed by atoms with Crippen molar-refractivity contribution in [1.82, 2.24) is 0 Å². The molecule has 0 amide bonds. The molecule has 0 saturated heterocycles. The van der Waals surface area contributed by atoms with Crippen molar-refractivity contribution in [3.05, 3.63) is 36.0 Å². The quantitative estimate of drug-likeness (QED) is 0.606. The maximum absolute atomic E-state index is 12.5. The number of allylic oxidation sites excluding steroid dienone is 6. The summed E-state index contributed by atoms with van der Waals surface area (Å²) < 4.78 is 37.6. The molecule has 0 nitrogen and oxygen atoms in total. The Morgan fingerprint density at radius 2 is 1.93 bits per heavy atom. The zero-order valence-corrected chi connectivity index (χ0v) is 7.59. The molecular weight excluding hydrogens is 189 g/mol. The third-order valence-electron chi connectivity index (χ3n) is 2.47. The van der Waals surface area contributed by atoms with Crippen LogP contribution in [0.5, 0.6) is 0 Å². The van der Waals surface area contributed by atoms with E-state index in [0.29, 0.717) is 11.5 Å². The Bertz CT molecular complexity index is 303. The molecular formula is C11H11F3. The van der Waals surface area contributed by atoms with Gasteiger partial charge in [-0.25, -0.2) is 0 Å². The van der Waals surface area contributed by atoms with Crippen molar-refractivity contribution in [2.24, 2.45) is 11.8 Å². The fraction of sp³-hybridized carbons (Fsp3) is 0.455. The van der Waals surface area contributed by atoms with E-state index in [0.717, 1.165) is 12.8 Å². The van der Waals surface area contributed by atoms with Gasteiger partial charge in [0.1, 0.15) is 0 Å². The van der Waals surface area contributed by atoms with Crippen LogP contribution in [0.4, 0.5) is 13.2 Å². The summed E-state index contributed by atoms with van der Waals surface area (Å²) in [5.74, 6) is -1.01. The van der Waals surface area contributed by atoms with Crippen molar-refractivity contribution >= 4 is 0 Å². The van der Waals surface area contributed by atoms with E-state index < -0.39 is 12.1 Å². The molecule has 14 heavy (non-hydrogen) atoms. The first kappa shape index (κ1) is 9.56. The molecule has 2 aliphatic rings. The number of rotatable bonds is 1. The fourth-order valence-corrected chi connectivity index (χ4v) is 1.55. The van der Waals surface area contributed by atoms with Crippen LogP contribution in [0, 0.1) is 11.8 Å². The summed E-state index contributed by atoms with van der Waals surface area (Å²) in [6.45, 7) is 0. The monoisotopic (exact) mass is 200 g/mol. The Kier molecular flexibility index (Phi) is 2.25. The minimum atomic E-state index is -4.15. The number of hydrogen-bond donors (Lipinski definition) is 0. The van der Waals surface area contributed by atoms with E-state index >= 15 is 0 Å². The van der Waals surface area contributed by atoms with E-state index in [4.69, 9.17) is 0 Å². The van der Waals surface area contributed by atoms with Crippen LogP contribution < -0.4 is 0 Å². The molecule has 1 saturated carbocycles. The van der Waals surface area contributed by atoms with Crippen LogP contribution in [-0.2, 0) is 0 Å². The molecule has 0 aromatic heterocycles. The minimum Gasteiger partial charge on any atom is -0.170 e. The molecule has 2 aliphatic carbocycles. The van der Waals surface area contributed by atoms with Gasteiger partial charge in [-0.05, 0) is 24.3 Å². The number of hydrogen-bond acceptors (Lipinski definition) is 0. The molecule has 76 valence electrons. The lowest BCUT2D eigenvalue weighted by molar-refractivity contribution is -0.150. The highest BCUT2D eigenvalue weighted by Crippen LogP contribution is 2.39. The second-order valence-electron chi connectivity index (χ2n) is 3.77. The fourth-order valence-electron chi connectivity index (χ4n) is 1.55. The zero-order valence-electron chi connectivity index (χ0n) is 7.59. The van der Waals surface area contributed by atoms with Crippen molar-refractivity contribution in [3.8, 4) is 0 Å². The molecule has 0 heterocycles. The minimum absolute atomic E-state index is 0.381. The molecule has 0 spiro atoms. The smallest absolute Gasteiger partial charge is 0.170 e. The molecule has 0 N–H and O–H groups in total. The Morgan fingerprint density at radius 3 is 2.50 bits per heavy atom. The van der Waals surface area contributed by atoms with Gasteiger partial charge in [0.25, 0.3) is 0 Å². The first-order valence-corrected chi connectivity index (χ1v) is 4.70. The molecule has 1 fully saturated rings. The lowest BCUT2D eigenvalue weighted by Crippen LogP contribution is -2.23. The van der Waals surface area contributed by atoms with Crippen molar-refractivity contribution in [2.75, 3.05) is 0 Å². The van der Waals surface area contributed by atoms with Gasteiger partial charge in [0, 0.05) is 0 Å². The van der Waals surface area contributed by atoms with Gasteiger partial charge in [-0.3, -0.25) is 0 Å². The van der Waals surface area contributed by atoms with Crippen molar-refractivity contribution in [1.29, 1.82) is 0 Å². The highest BCUT2D eigenvalue weighted by Gasteiger charge is 2.40. The Balaban J connectivity index is 2.20. The van der Waals surface area contributed by atoms with Crippen LogP contribution in [0.15, 0.2) is 36.0 Å². The normalized spacial score (nSPS) is 29.9. The molecule has 0 radical (unpaired) electrons. The number of alkyl halides is 3. The largest absolute Gasteiger partial charge is 0.399 e. The first-order chi connectivity index (χ1) is 6.57. The third kappa shape index (κ3) is 2.08. The summed E-state index contributed by atoms with van der Waals surface area (Å²) in [6, 6.07) is 0. The van der Waals surface area contributed by atoms with Crippen LogP contribution in [0.25, 0.3) is 0 Å². The van der Waals surface area contributed by atoms with Gasteiger partial charge in [-0.1, -0.05) is 30.4 Å². The van der Waals surface area contributed by atoms with Crippen LogP contribution in [0.2, 0.25) is 0 Å². The summed E-state index contributed by atoms with van der Waals surface area (Å²) in [4.78, 5) is 0. The predicted molar refractivity (Wildman–Crippen MR) is 48.6 cm³/mol. The summed E-state index contributed by atoms with van der Waals surface area (Å²) in [6.07, 6.45) is 5.58. The van der Waals surface area contributed by atoms with Gasteiger partial charge in [0.2, 0.25) is 0 Å². The molecule has 1 atom stereocenters. The maximum Gasteiger partial charge on any atom is 0.399 e. The Hall–Kier alpha value is -0.990. The maximum atomic E-state index is 12.5. The van der Waals surface area contributed by atoms with Crippen molar-refractivity contribution in [2.45, 2.75) is 19.0 Å². The second kappa shape index (κ2) is 3.30. The van der Waals surface area contributed by atoms with Crippen LogP contribution in [0.1, 0.15) is 12.8 Å². The van der Waals surface area contributed by atoms with Gasteiger partial charge < -0.3 is 0 Å². The molecule has 0 aromatic carbocycles. The summed E-state index contributed by atoms with van der Waals surface area (Å²) in [5, 5.41) is 0. The molecule has 1 unspecified atom stereocenters. The first-order valence-electron chi connectivity index (χ1n) is 4.70. The molecule has 2 rings (SSSR count). The van der Waals surface area contributed by atoms with E-state index in [1.54, 1.807) is 18.2 Å². The van der Waals surface area contributed by atoms with Crippen LogP contribution in [0.3, 0.4) is 0 Å². The van der Waals surface area contributed by atoms with E-state index in [2.05, 4.69) is 0 Å². The average molecular weight is 200 g/mol. The van der Waals surface area contributed by atoms with E-state index in [1.807, 2.05) is 0 Å². The van der Waals surface area contributed by atoms with Crippen LogP contribution >= 0.6 is 0 Å². The van der Waals surface area contributed by atoms with Gasteiger partial charge in [-0.15, -0.1) is 0 Å². The molecule has 0 bridgehead atoms. The Morgan fingerprint density at radius 1 is 1.21 bits per heavy atom. The van der Waals surface area contributed by atoms with Crippen molar-refractivity contribution in [3.63, 3.8) is 0 Å². The van der Waals surface area contributed by atoms with Gasteiger partial charge in [0.15, 0.2) is 0 Å². The summed E-state index contributed by atoms with van der Waals surface area (Å²) in [5.41, 5.74) is 0.405. The second-order valence-corrected chi connectivity index (χ2v) is 3.77. The van der Waals surface area contributed by atoms with Crippen LogP contribution in [-0.4, -0.2) is 6.18 Å². The summed E-state index contributed by atoms with van der Waals surface area (Å²) in [7, 11) is 0.